The van der Waals surface area contributed by atoms with Crippen molar-refractivity contribution in [3.63, 3.8) is 0 Å². The van der Waals surface area contributed by atoms with E-state index in [1.54, 1.807) is 13.8 Å². The molecule has 0 bridgehead atoms. The van der Waals surface area contributed by atoms with Crippen molar-refractivity contribution in [3.8, 4) is 0 Å². The van der Waals surface area contributed by atoms with Crippen molar-refractivity contribution in [3.05, 3.63) is 28.3 Å². The summed E-state index contributed by atoms with van der Waals surface area (Å²) < 4.78 is 32.0. The molecule has 0 atom stereocenters. The molecular weight excluding hydrogens is 298 g/mol. The van der Waals surface area contributed by atoms with E-state index >= 15 is 0 Å². The van der Waals surface area contributed by atoms with Crippen LogP contribution in [-0.2, 0) is 14.8 Å². The standard InChI is InChI=1S/C12H17N3O5S/c1-12(2)8-20-6-5-14(12)21(18,19)9-3-4-10(13)11(7-9)15(16)17/h3-4,7H,5-6,8,13H2,1-2H3. The Morgan fingerprint density at radius 1 is 1.43 bits per heavy atom. The lowest BCUT2D eigenvalue weighted by molar-refractivity contribution is -0.384. The number of rotatable bonds is 3. The highest BCUT2D eigenvalue weighted by Gasteiger charge is 2.40. The number of ether oxygens (including phenoxy) is 1. The zero-order chi connectivity index (χ0) is 15.8. The number of hydrogen-bond acceptors (Lipinski definition) is 6. The van der Waals surface area contributed by atoms with E-state index in [-0.39, 0.29) is 23.7 Å². The Morgan fingerprint density at radius 2 is 2.10 bits per heavy atom. The molecule has 0 radical (unpaired) electrons. The minimum atomic E-state index is -3.85. The van der Waals surface area contributed by atoms with Gasteiger partial charge < -0.3 is 10.5 Å². The van der Waals surface area contributed by atoms with E-state index < -0.39 is 26.2 Å². The Hall–Kier alpha value is -1.71. The fraction of sp³-hybridized carbons (Fsp3) is 0.500. The first-order chi connectivity index (χ1) is 9.66. The van der Waals surface area contributed by atoms with E-state index in [1.165, 1.54) is 16.4 Å². The number of anilines is 1. The Labute approximate surface area is 122 Å². The summed E-state index contributed by atoms with van der Waals surface area (Å²) in [7, 11) is -3.85. The van der Waals surface area contributed by atoms with Crippen molar-refractivity contribution < 1.29 is 18.1 Å². The van der Waals surface area contributed by atoms with Gasteiger partial charge in [0.25, 0.3) is 5.69 Å². The normalized spacial score (nSPS) is 19.3. The molecule has 0 aromatic heterocycles. The van der Waals surface area contributed by atoms with E-state index in [4.69, 9.17) is 10.5 Å². The van der Waals surface area contributed by atoms with Gasteiger partial charge in [-0.15, -0.1) is 0 Å². The molecule has 8 nitrogen and oxygen atoms in total. The maximum Gasteiger partial charge on any atom is 0.293 e. The lowest BCUT2D eigenvalue weighted by Gasteiger charge is -2.40. The van der Waals surface area contributed by atoms with Gasteiger partial charge in [0.2, 0.25) is 10.0 Å². The van der Waals surface area contributed by atoms with Crippen LogP contribution in [0.4, 0.5) is 11.4 Å². The van der Waals surface area contributed by atoms with Gasteiger partial charge in [-0.1, -0.05) is 0 Å². The SMILES string of the molecule is CC1(C)COCCN1S(=O)(=O)c1ccc(N)c([N+](=O)[O-])c1. The highest BCUT2D eigenvalue weighted by atomic mass is 32.2. The quantitative estimate of drug-likeness (QED) is 0.505. The van der Waals surface area contributed by atoms with Gasteiger partial charge in [0.1, 0.15) is 5.69 Å². The molecule has 0 spiro atoms. The summed E-state index contributed by atoms with van der Waals surface area (Å²) in [6.45, 7) is 4.25. The molecule has 2 N–H and O–H groups in total. The second-order valence-corrected chi connectivity index (χ2v) is 7.28. The average molecular weight is 315 g/mol. The molecule has 0 amide bonds. The van der Waals surface area contributed by atoms with E-state index in [0.29, 0.717) is 6.61 Å². The van der Waals surface area contributed by atoms with Gasteiger partial charge in [0.05, 0.1) is 28.6 Å². The van der Waals surface area contributed by atoms with Crippen LogP contribution in [0.3, 0.4) is 0 Å². The van der Waals surface area contributed by atoms with Crippen LogP contribution in [0.25, 0.3) is 0 Å². The molecule has 1 fully saturated rings. The summed E-state index contributed by atoms with van der Waals surface area (Å²) >= 11 is 0. The number of nitrogen functional groups attached to an aromatic ring is 1. The molecule has 1 aromatic carbocycles. The second-order valence-electron chi connectivity index (χ2n) is 5.42. The molecule has 1 aromatic rings. The zero-order valence-electron chi connectivity index (χ0n) is 11.8. The molecule has 2 rings (SSSR count). The van der Waals surface area contributed by atoms with Gasteiger partial charge >= 0.3 is 0 Å². The lowest BCUT2D eigenvalue weighted by Crippen LogP contribution is -2.55. The zero-order valence-corrected chi connectivity index (χ0v) is 12.6. The maximum atomic E-state index is 12.7. The van der Waals surface area contributed by atoms with Crippen LogP contribution in [0, 0.1) is 10.1 Å². The van der Waals surface area contributed by atoms with Crippen molar-refractivity contribution in [1.82, 2.24) is 4.31 Å². The van der Waals surface area contributed by atoms with E-state index in [1.807, 2.05) is 0 Å². The van der Waals surface area contributed by atoms with Crippen molar-refractivity contribution in [2.24, 2.45) is 0 Å². The van der Waals surface area contributed by atoms with Crippen LogP contribution in [0.5, 0.6) is 0 Å². The molecule has 1 aliphatic heterocycles. The number of sulfonamides is 1. The summed E-state index contributed by atoms with van der Waals surface area (Å²) in [4.78, 5) is 10.1. The number of nitrogens with zero attached hydrogens (tertiary/aromatic N) is 2. The number of nitrogens with two attached hydrogens (primary N) is 1. The second kappa shape index (κ2) is 5.24. The Balaban J connectivity index is 2.49. The van der Waals surface area contributed by atoms with Crippen molar-refractivity contribution in [2.75, 3.05) is 25.5 Å². The Morgan fingerprint density at radius 3 is 2.67 bits per heavy atom. The maximum absolute atomic E-state index is 12.7. The number of nitro benzene ring substituents is 1. The predicted octanol–water partition coefficient (Wildman–Crippen LogP) is 0.977. The van der Waals surface area contributed by atoms with Gasteiger partial charge in [-0.3, -0.25) is 10.1 Å². The summed E-state index contributed by atoms with van der Waals surface area (Å²) in [6.07, 6.45) is 0. The molecule has 0 unspecified atom stereocenters. The fourth-order valence-corrected chi connectivity index (χ4v) is 4.03. The van der Waals surface area contributed by atoms with Gasteiger partial charge in [0.15, 0.2) is 0 Å². The molecule has 1 aliphatic rings. The lowest BCUT2D eigenvalue weighted by atomic mass is 10.1. The largest absolute Gasteiger partial charge is 0.393 e. The monoisotopic (exact) mass is 315 g/mol. The summed E-state index contributed by atoms with van der Waals surface area (Å²) in [5, 5.41) is 10.9. The van der Waals surface area contributed by atoms with Gasteiger partial charge in [0, 0.05) is 12.6 Å². The fourth-order valence-electron chi connectivity index (χ4n) is 2.26. The van der Waals surface area contributed by atoms with Crippen molar-refractivity contribution in [2.45, 2.75) is 24.3 Å². The molecule has 1 heterocycles. The highest BCUT2D eigenvalue weighted by molar-refractivity contribution is 7.89. The minimum absolute atomic E-state index is 0.0693. The third kappa shape index (κ3) is 2.85. The Kier molecular flexibility index (Phi) is 3.91. The van der Waals surface area contributed by atoms with E-state index in [2.05, 4.69) is 0 Å². The van der Waals surface area contributed by atoms with Crippen LogP contribution in [-0.4, -0.2) is 42.9 Å². The molecular formula is C12H17N3O5S. The van der Waals surface area contributed by atoms with Crippen LogP contribution < -0.4 is 5.73 Å². The first-order valence-corrected chi connectivity index (χ1v) is 7.75. The van der Waals surface area contributed by atoms with E-state index in [0.717, 1.165) is 6.07 Å². The Bertz CT molecular complexity index is 671. The molecule has 21 heavy (non-hydrogen) atoms. The van der Waals surface area contributed by atoms with Crippen molar-refractivity contribution >= 4 is 21.4 Å². The molecule has 1 saturated heterocycles. The smallest absolute Gasteiger partial charge is 0.293 e. The summed E-state index contributed by atoms with van der Waals surface area (Å²) in [5.41, 5.74) is 4.30. The van der Waals surface area contributed by atoms with Gasteiger partial charge in [-0.05, 0) is 26.0 Å². The first-order valence-electron chi connectivity index (χ1n) is 6.31. The first kappa shape index (κ1) is 15.7. The van der Waals surface area contributed by atoms with Crippen molar-refractivity contribution in [1.29, 1.82) is 0 Å². The number of nitro groups is 1. The number of morpholine rings is 1. The minimum Gasteiger partial charge on any atom is -0.393 e. The van der Waals surface area contributed by atoms with Crippen LogP contribution >= 0.6 is 0 Å². The summed E-state index contributed by atoms with van der Waals surface area (Å²) in [6, 6.07) is 3.51. The van der Waals surface area contributed by atoms with Crippen LogP contribution in [0.15, 0.2) is 23.1 Å². The third-order valence-electron chi connectivity index (χ3n) is 3.36. The molecule has 9 heteroatoms. The highest BCUT2D eigenvalue weighted by Crippen LogP contribution is 2.31. The van der Waals surface area contributed by atoms with Crippen LogP contribution in [0.1, 0.15) is 13.8 Å². The molecule has 0 saturated carbocycles. The van der Waals surface area contributed by atoms with Crippen LogP contribution in [0.2, 0.25) is 0 Å². The van der Waals surface area contributed by atoms with Gasteiger partial charge in [-0.25, -0.2) is 8.42 Å². The topological polar surface area (TPSA) is 116 Å². The average Bonchev–Trinajstić information content (AvgIpc) is 2.37. The van der Waals surface area contributed by atoms with E-state index in [9.17, 15) is 18.5 Å². The number of hydrogen-bond donors (Lipinski definition) is 1. The third-order valence-corrected chi connectivity index (χ3v) is 5.46. The summed E-state index contributed by atoms with van der Waals surface area (Å²) in [5.74, 6) is 0. The molecule has 116 valence electrons. The number of benzene rings is 1. The predicted molar refractivity (Wildman–Crippen MR) is 76.3 cm³/mol. The van der Waals surface area contributed by atoms with Gasteiger partial charge in [-0.2, -0.15) is 4.31 Å². The molecule has 0 aliphatic carbocycles.